The van der Waals surface area contributed by atoms with Crippen LogP contribution in [-0.4, -0.2) is 18.6 Å². The first kappa shape index (κ1) is 13.1. The van der Waals surface area contributed by atoms with Gasteiger partial charge in [0.05, 0.1) is 18.3 Å². The quantitative estimate of drug-likeness (QED) is 0.705. The Labute approximate surface area is 130 Å². The molecule has 4 rings (SSSR count). The average Bonchev–Trinajstić information content (AvgIpc) is 3.01. The Kier molecular flexibility index (Phi) is 3.00. The smallest absolute Gasteiger partial charge is 0.119 e. The fourth-order valence-corrected chi connectivity index (χ4v) is 3.32. The van der Waals surface area contributed by atoms with Crippen LogP contribution in [0.4, 0.5) is 11.4 Å². The van der Waals surface area contributed by atoms with E-state index in [1.807, 2.05) is 12.1 Å². The Morgan fingerprint density at radius 3 is 2.68 bits per heavy atom. The van der Waals surface area contributed by atoms with Crippen molar-refractivity contribution in [3.8, 4) is 5.75 Å². The van der Waals surface area contributed by atoms with Crippen LogP contribution in [0, 0.1) is 6.92 Å². The van der Waals surface area contributed by atoms with Gasteiger partial charge in [0, 0.05) is 23.3 Å². The van der Waals surface area contributed by atoms with Crippen LogP contribution in [0.1, 0.15) is 11.3 Å². The second-order valence-electron chi connectivity index (χ2n) is 5.64. The Morgan fingerprint density at radius 2 is 1.91 bits per heavy atom. The third-order valence-electron chi connectivity index (χ3n) is 4.39. The molecule has 0 atom stereocenters. The van der Waals surface area contributed by atoms with Crippen LogP contribution in [0.3, 0.4) is 0 Å². The lowest BCUT2D eigenvalue weighted by Crippen LogP contribution is -2.13. The van der Waals surface area contributed by atoms with Crippen molar-refractivity contribution in [1.29, 1.82) is 0 Å². The van der Waals surface area contributed by atoms with Gasteiger partial charge in [0.25, 0.3) is 0 Å². The van der Waals surface area contributed by atoms with Gasteiger partial charge in [-0.2, -0.15) is 0 Å². The minimum absolute atomic E-state index is 0.875. The monoisotopic (exact) mass is 290 g/mol. The lowest BCUT2D eigenvalue weighted by atomic mass is 10.1. The van der Waals surface area contributed by atoms with Crippen LogP contribution in [0.2, 0.25) is 0 Å². The number of rotatable bonds is 2. The average molecular weight is 290 g/mol. The summed E-state index contributed by atoms with van der Waals surface area (Å²) in [5.74, 6) is 0.875. The summed E-state index contributed by atoms with van der Waals surface area (Å²) in [5.41, 5.74) is 6.03. The number of methoxy groups -OCH3 is 1. The lowest BCUT2D eigenvalue weighted by Gasteiger charge is -2.21. The third-order valence-corrected chi connectivity index (χ3v) is 4.39. The highest BCUT2D eigenvalue weighted by atomic mass is 16.5. The Morgan fingerprint density at radius 1 is 1.09 bits per heavy atom. The van der Waals surface area contributed by atoms with E-state index in [1.54, 1.807) is 7.11 Å². The molecule has 3 nitrogen and oxygen atoms in total. The van der Waals surface area contributed by atoms with Crippen LogP contribution < -0.4 is 9.64 Å². The summed E-state index contributed by atoms with van der Waals surface area (Å²) in [6.45, 7) is 3.11. The van der Waals surface area contributed by atoms with E-state index in [0.717, 1.165) is 29.9 Å². The molecule has 0 aliphatic carbocycles. The Balaban J connectivity index is 1.99. The fourth-order valence-electron chi connectivity index (χ4n) is 3.32. The molecule has 0 fully saturated rings. The minimum atomic E-state index is 0.875. The molecule has 0 unspecified atom stereocenters. The second kappa shape index (κ2) is 5.02. The lowest BCUT2D eigenvalue weighted by molar-refractivity contribution is 0.415. The number of aromatic nitrogens is 1. The molecule has 0 radical (unpaired) electrons. The molecule has 0 saturated carbocycles. The summed E-state index contributed by atoms with van der Waals surface area (Å²) in [4.78, 5) is 7.16. The van der Waals surface area contributed by atoms with Crippen LogP contribution in [-0.2, 0) is 6.42 Å². The van der Waals surface area contributed by atoms with Gasteiger partial charge in [0.1, 0.15) is 5.75 Å². The zero-order chi connectivity index (χ0) is 15.1. The van der Waals surface area contributed by atoms with E-state index in [4.69, 9.17) is 9.72 Å². The number of pyridine rings is 1. The molecule has 0 N–H and O–H groups in total. The van der Waals surface area contributed by atoms with Crippen molar-refractivity contribution >= 4 is 22.3 Å². The number of benzene rings is 2. The van der Waals surface area contributed by atoms with Crippen molar-refractivity contribution < 1.29 is 4.74 Å². The van der Waals surface area contributed by atoms with Gasteiger partial charge in [-0.25, -0.2) is 0 Å². The molecule has 3 aromatic rings. The van der Waals surface area contributed by atoms with E-state index in [9.17, 15) is 0 Å². The highest BCUT2D eigenvalue weighted by Gasteiger charge is 2.25. The molecule has 110 valence electrons. The van der Waals surface area contributed by atoms with Crippen LogP contribution >= 0.6 is 0 Å². The minimum Gasteiger partial charge on any atom is -0.497 e. The summed E-state index contributed by atoms with van der Waals surface area (Å²) >= 11 is 0. The predicted molar refractivity (Wildman–Crippen MR) is 90.2 cm³/mol. The van der Waals surface area contributed by atoms with E-state index >= 15 is 0 Å². The number of hydrogen-bond donors (Lipinski definition) is 0. The van der Waals surface area contributed by atoms with Gasteiger partial charge in [0.2, 0.25) is 0 Å². The molecular formula is C19H18N2O. The summed E-state index contributed by atoms with van der Waals surface area (Å²) in [6.07, 6.45) is 1.04. The summed E-state index contributed by atoms with van der Waals surface area (Å²) in [5, 5.41) is 1.17. The van der Waals surface area contributed by atoms with Crippen LogP contribution in [0.15, 0.2) is 48.5 Å². The molecule has 2 aromatic carbocycles. The van der Waals surface area contributed by atoms with Crippen LogP contribution in [0.25, 0.3) is 10.9 Å². The number of nitrogens with zero attached hydrogens (tertiary/aromatic N) is 2. The zero-order valence-corrected chi connectivity index (χ0v) is 12.8. The number of para-hydroxylation sites is 1. The number of ether oxygens (including phenoxy) is 1. The van der Waals surface area contributed by atoms with Crippen molar-refractivity contribution in [1.82, 2.24) is 4.98 Å². The molecule has 1 aromatic heterocycles. The first-order chi connectivity index (χ1) is 10.8. The molecule has 1 aliphatic heterocycles. The first-order valence-corrected chi connectivity index (χ1v) is 7.58. The second-order valence-corrected chi connectivity index (χ2v) is 5.64. The van der Waals surface area contributed by atoms with Crippen LogP contribution in [0.5, 0.6) is 5.75 Å². The van der Waals surface area contributed by atoms with Crippen molar-refractivity contribution in [2.45, 2.75) is 13.3 Å². The van der Waals surface area contributed by atoms with E-state index in [1.165, 1.54) is 22.3 Å². The standard InChI is InChI=1S/C19H18N2O/c1-13-16-10-11-21(14-6-4-3-5-7-14)19(16)17-12-15(22-2)8-9-18(17)20-13/h3-9,12H,10-11H2,1-2H3. The maximum atomic E-state index is 5.41. The molecule has 0 saturated heterocycles. The van der Waals surface area contributed by atoms with Gasteiger partial charge in [-0.05, 0) is 49.2 Å². The normalized spacial score (nSPS) is 13.5. The highest BCUT2D eigenvalue weighted by molar-refractivity contribution is 5.98. The van der Waals surface area contributed by atoms with Gasteiger partial charge in [-0.1, -0.05) is 18.2 Å². The molecule has 3 heteroatoms. The van der Waals surface area contributed by atoms with Crippen molar-refractivity contribution in [2.24, 2.45) is 0 Å². The fraction of sp³-hybridized carbons (Fsp3) is 0.211. The molecule has 0 bridgehead atoms. The van der Waals surface area contributed by atoms with E-state index < -0.39 is 0 Å². The zero-order valence-electron chi connectivity index (χ0n) is 12.8. The number of fused-ring (bicyclic) bond motifs is 3. The molecular weight excluding hydrogens is 272 g/mol. The van der Waals surface area contributed by atoms with Gasteiger partial charge < -0.3 is 9.64 Å². The summed E-state index contributed by atoms with van der Waals surface area (Å²) in [6, 6.07) is 16.7. The molecule has 2 heterocycles. The van der Waals surface area contributed by atoms with Crippen molar-refractivity contribution in [3.05, 3.63) is 59.8 Å². The van der Waals surface area contributed by atoms with Gasteiger partial charge in [-0.15, -0.1) is 0 Å². The van der Waals surface area contributed by atoms with Gasteiger partial charge >= 0.3 is 0 Å². The number of aryl methyl sites for hydroxylation is 1. The van der Waals surface area contributed by atoms with E-state index in [0.29, 0.717) is 0 Å². The predicted octanol–water partition coefficient (Wildman–Crippen LogP) is 4.25. The Hall–Kier alpha value is -2.55. The van der Waals surface area contributed by atoms with Crippen molar-refractivity contribution in [2.75, 3.05) is 18.6 Å². The largest absolute Gasteiger partial charge is 0.497 e. The molecule has 1 aliphatic rings. The topological polar surface area (TPSA) is 25.4 Å². The Bertz CT molecular complexity index is 843. The summed E-state index contributed by atoms with van der Waals surface area (Å²) in [7, 11) is 1.71. The molecule has 0 amide bonds. The molecule has 0 spiro atoms. The number of anilines is 2. The van der Waals surface area contributed by atoms with Gasteiger partial charge in [0.15, 0.2) is 0 Å². The highest BCUT2D eigenvalue weighted by Crippen LogP contribution is 2.41. The molecule has 22 heavy (non-hydrogen) atoms. The number of hydrogen-bond acceptors (Lipinski definition) is 3. The maximum absolute atomic E-state index is 5.41. The van der Waals surface area contributed by atoms with Crippen molar-refractivity contribution in [3.63, 3.8) is 0 Å². The third kappa shape index (κ3) is 1.93. The first-order valence-electron chi connectivity index (χ1n) is 7.58. The van der Waals surface area contributed by atoms with E-state index in [2.05, 4.69) is 48.2 Å². The summed E-state index contributed by atoms with van der Waals surface area (Å²) < 4.78 is 5.41. The van der Waals surface area contributed by atoms with Gasteiger partial charge in [-0.3, -0.25) is 4.98 Å². The SMILES string of the molecule is COc1ccc2nc(C)c3c(c2c1)N(c1ccccc1)CC3. The van der Waals surface area contributed by atoms with E-state index in [-0.39, 0.29) is 0 Å². The maximum Gasteiger partial charge on any atom is 0.119 e.